The third-order valence-corrected chi connectivity index (χ3v) is 6.43. The van der Waals surface area contributed by atoms with Gasteiger partial charge in [-0.25, -0.2) is 4.39 Å². The smallest absolute Gasteiger partial charge is 0.313 e. The lowest BCUT2D eigenvalue weighted by Gasteiger charge is -2.14. The number of carbonyl (C=O) groups is 1. The van der Waals surface area contributed by atoms with Crippen molar-refractivity contribution in [2.24, 2.45) is 0 Å². The van der Waals surface area contributed by atoms with Gasteiger partial charge in [0.25, 0.3) is 0 Å². The maximum Gasteiger partial charge on any atom is 0.313 e. The molecule has 5 rings (SSSR count). The highest BCUT2D eigenvalue weighted by atomic mass is 35.5. The van der Waals surface area contributed by atoms with Crippen molar-refractivity contribution in [2.75, 3.05) is 13.1 Å². The number of nitrogens with one attached hydrogen (secondary N) is 1. The van der Waals surface area contributed by atoms with Crippen LogP contribution >= 0.6 is 11.6 Å². The summed E-state index contributed by atoms with van der Waals surface area (Å²) in [4.78, 5) is 11.9. The van der Waals surface area contributed by atoms with Gasteiger partial charge in [-0.3, -0.25) is 4.79 Å². The largest absolute Gasteiger partial charge is 0.481 e. The second kappa shape index (κ2) is 6.61. The molecule has 4 nitrogen and oxygen atoms in total. The van der Waals surface area contributed by atoms with Gasteiger partial charge in [-0.2, -0.15) is 0 Å². The van der Waals surface area contributed by atoms with Gasteiger partial charge in [0.05, 0.1) is 10.5 Å². The van der Waals surface area contributed by atoms with Crippen molar-refractivity contribution in [3.63, 3.8) is 0 Å². The lowest BCUT2D eigenvalue weighted by molar-refractivity contribution is -0.138. The van der Waals surface area contributed by atoms with Crippen LogP contribution in [0.5, 0.6) is 0 Å². The van der Waals surface area contributed by atoms with Crippen molar-refractivity contribution >= 4 is 28.5 Å². The molecule has 2 aliphatic heterocycles. The van der Waals surface area contributed by atoms with E-state index in [1.165, 1.54) is 0 Å². The van der Waals surface area contributed by atoms with Crippen LogP contribution < -0.4 is 5.32 Å². The minimum absolute atomic E-state index is 0.132. The van der Waals surface area contributed by atoms with Crippen LogP contribution in [0.3, 0.4) is 0 Å². The van der Waals surface area contributed by atoms with Crippen molar-refractivity contribution in [3.05, 3.63) is 69.1 Å². The predicted molar refractivity (Wildman–Crippen MR) is 107 cm³/mol. The molecule has 6 heteroatoms. The molecular formula is C22H20ClFN2O2. The van der Waals surface area contributed by atoms with Crippen molar-refractivity contribution < 1.29 is 14.3 Å². The average Bonchev–Trinajstić information content (AvgIpc) is 3.16. The molecule has 1 unspecified atom stereocenters. The van der Waals surface area contributed by atoms with E-state index in [2.05, 4.69) is 9.88 Å². The van der Waals surface area contributed by atoms with Gasteiger partial charge in [0, 0.05) is 30.6 Å². The van der Waals surface area contributed by atoms with Crippen LogP contribution in [-0.4, -0.2) is 28.7 Å². The fourth-order valence-electron chi connectivity index (χ4n) is 4.88. The summed E-state index contributed by atoms with van der Waals surface area (Å²) in [5.41, 5.74) is 5.28. The van der Waals surface area contributed by atoms with Gasteiger partial charge in [0.1, 0.15) is 11.7 Å². The van der Waals surface area contributed by atoms with Crippen LogP contribution in [0, 0.1) is 5.82 Å². The van der Waals surface area contributed by atoms with E-state index in [0.717, 1.165) is 27.9 Å². The van der Waals surface area contributed by atoms with Crippen LogP contribution in [0.1, 0.15) is 33.9 Å². The number of hydrogen-bond donors (Lipinski definition) is 2. The Morgan fingerprint density at radius 2 is 2.04 bits per heavy atom. The normalized spacial score (nSPS) is 18.3. The molecular weight excluding hydrogens is 379 g/mol. The van der Waals surface area contributed by atoms with Gasteiger partial charge >= 0.3 is 5.97 Å². The van der Waals surface area contributed by atoms with Gasteiger partial charge in [-0.1, -0.05) is 41.9 Å². The maximum absolute atomic E-state index is 15.4. The van der Waals surface area contributed by atoms with Gasteiger partial charge in [0.2, 0.25) is 0 Å². The van der Waals surface area contributed by atoms with Crippen LogP contribution in [0.4, 0.5) is 4.39 Å². The summed E-state index contributed by atoms with van der Waals surface area (Å²) in [6.07, 6.45) is 1.84. The summed E-state index contributed by atoms with van der Waals surface area (Å²) in [5.74, 6) is -1.87. The molecule has 1 aromatic heterocycles. The zero-order valence-corrected chi connectivity index (χ0v) is 16.0. The lowest BCUT2D eigenvalue weighted by Crippen LogP contribution is -2.26. The molecule has 1 atom stereocenters. The number of nitrogens with zero attached hydrogens (tertiary/aromatic N) is 1. The van der Waals surface area contributed by atoms with Crippen molar-refractivity contribution in [3.8, 4) is 0 Å². The van der Waals surface area contributed by atoms with E-state index < -0.39 is 11.9 Å². The summed E-state index contributed by atoms with van der Waals surface area (Å²) < 4.78 is 17.5. The van der Waals surface area contributed by atoms with Crippen LogP contribution in [-0.2, 0) is 30.6 Å². The third kappa shape index (κ3) is 2.50. The van der Waals surface area contributed by atoms with E-state index in [0.29, 0.717) is 49.8 Å². The number of halogens is 2. The molecule has 0 aliphatic carbocycles. The molecule has 3 heterocycles. The minimum Gasteiger partial charge on any atom is -0.481 e. The maximum atomic E-state index is 15.4. The van der Waals surface area contributed by atoms with Gasteiger partial charge < -0.3 is 15.0 Å². The molecule has 0 radical (unpaired) electrons. The molecule has 144 valence electrons. The van der Waals surface area contributed by atoms with Gasteiger partial charge in [-0.15, -0.1) is 0 Å². The van der Waals surface area contributed by atoms with Crippen LogP contribution in [0.15, 0.2) is 30.3 Å². The molecule has 28 heavy (non-hydrogen) atoms. The van der Waals surface area contributed by atoms with E-state index >= 15 is 4.39 Å². The Balaban J connectivity index is 1.78. The monoisotopic (exact) mass is 398 g/mol. The van der Waals surface area contributed by atoms with E-state index in [4.69, 9.17) is 11.6 Å². The van der Waals surface area contributed by atoms with Crippen LogP contribution in [0.2, 0.25) is 5.02 Å². The Kier molecular flexibility index (Phi) is 4.18. The number of carboxylic acid groups (broad SMARTS) is 1. The molecule has 0 saturated heterocycles. The van der Waals surface area contributed by atoms with Crippen molar-refractivity contribution in [2.45, 2.75) is 31.7 Å². The van der Waals surface area contributed by atoms with Crippen molar-refractivity contribution in [1.29, 1.82) is 0 Å². The number of carboxylic acids is 1. The second-order valence-corrected chi connectivity index (χ2v) is 7.96. The Hall–Kier alpha value is -2.37. The second-order valence-electron chi connectivity index (χ2n) is 7.58. The number of fused-ring (bicyclic) bond motifs is 3. The molecule has 2 aliphatic rings. The summed E-state index contributed by atoms with van der Waals surface area (Å²) in [6.45, 7) is 1.71. The SMILES string of the molecule is O=C(O)C1CNCCc2c1n1c3c(c(Cc4ccccc4)c(F)c(Cl)c23)CC1. The first kappa shape index (κ1) is 17.7. The van der Waals surface area contributed by atoms with Crippen molar-refractivity contribution in [1.82, 2.24) is 9.88 Å². The number of aromatic nitrogens is 1. The predicted octanol–water partition coefficient (Wildman–Crippen LogP) is 3.89. The Morgan fingerprint density at radius 3 is 2.79 bits per heavy atom. The molecule has 0 fully saturated rings. The first-order chi connectivity index (χ1) is 13.6. The Bertz CT molecular complexity index is 1110. The molecule has 2 aromatic carbocycles. The average molecular weight is 399 g/mol. The molecule has 0 bridgehead atoms. The zero-order chi connectivity index (χ0) is 19.4. The number of hydrogen-bond acceptors (Lipinski definition) is 2. The van der Waals surface area contributed by atoms with Gasteiger partial charge in [-0.05, 0) is 41.6 Å². The quantitative estimate of drug-likeness (QED) is 0.703. The Morgan fingerprint density at radius 1 is 1.25 bits per heavy atom. The highest BCUT2D eigenvalue weighted by molar-refractivity contribution is 6.36. The number of benzene rings is 2. The summed E-state index contributed by atoms with van der Waals surface area (Å²) in [5, 5.41) is 13.8. The fourth-order valence-corrected chi connectivity index (χ4v) is 5.20. The molecule has 0 spiro atoms. The highest BCUT2D eigenvalue weighted by Crippen LogP contribution is 2.45. The first-order valence-corrected chi connectivity index (χ1v) is 9.96. The number of aliphatic carboxylic acids is 1. The standard InChI is InChI=1S/C22H20ClFN2O2/c23-18-17-14-6-8-25-11-16(22(27)28)20(14)26-9-7-13(21(17)26)15(19(18)24)10-12-4-2-1-3-5-12/h1-5,16,25H,6-11H2,(H,27,28). The molecule has 0 saturated carbocycles. The van der Waals surface area contributed by atoms with E-state index in [1.54, 1.807) is 0 Å². The Labute approximate surface area is 166 Å². The number of rotatable bonds is 3. The topological polar surface area (TPSA) is 54.3 Å². The minimum atomic E-state index is -0.857. The van der Waals surface area contributed by atoms with E-state index in [9.17, 15) is 9.90 Å². The molecule has 0 amide bonds. The molecule has 3 aromatic rings. The number of aryl methyl sites for hydroxylation is 2. The van der Waals surface area contributed by atoms with E-state index in [1.807, 2.05) is 30.3 Å². The molecule has 2 N–H and O–H groups in total. The summed E-state index contributed by atoms with van der Waals surface area (Å²) in [7, 11) is 0. The zero-order valence-electron chi connectivity index (χ0n) is 15.3. The fraction of sp³-hybridized carbons (Fsp3) is 0.318. The third-order valence-electron chi connectivity index (χ3n) is 6.07. The summed E-state index contributed by atoms with van der Waals surface area (Å²) in [6, 6.07) is 9.81. The summed E-state index contributed by atoms with van der Waals surface area (Å²) >= 11 is 6.57. The first-order valence-electron chi connectivity index (χ1n) is 9.59. The van der Waals surface area contributed by atoms with E-state index in [-0.39, 0.29) is 10.8 Å². The van der Waals surface area contributed by atoms with Gasteiger partial charge in [0.15, 0.2) is 0 Å². The highest BCUT2D eigenvalue weighted by Gasteiger charge is 2.36. The lowest BCUT2D eigenvalue weighted by atomic mass is 9.93. The van der Waals surface area contributed by atoms with Crippen LogP contribution in [0.25, 0.3) is 10.9 Å².